The molecule has 1 heterocycles. The molecule has 1 atom stereocenters. The molecule has 4 nitrogen and oxygen atoms in total. The normalized spacial score (nSPS) is 22.5. The fourth-order valence-electron chi connectivity index (χ4n) is 1.13. The lowest BCUT2D eigenvalue weighted by Gasteiger charge is -2.18. The van der Waals surface area contributed by atoms with E-state index < -0.39 is 11.9 Å². The van der Waals surface area contributed by atoms with Crippen molar-refractivity contribution in [1.82, 2.24) is 4.90 Å². The average Bonchev–Trinajstić information content (AvgIpc) is 2.52. The summed E-state index contributed by atoms with van der Waals surface area (Å²) in [7, 11) is 0. The highest BCUT2D eigenvalue weighted by molar-refractivity contribution is 7.99. The largest absolute Gasteiger partial charge is 0.368 e. The molecule has 1 aliphatic heterocycles. The monoisotopic (exact) mass is 200 g/mol. The van der Waals surface area contributed by atoms with Crippen LogP contribution in [0.25, 0.3) is 0 Å². The molecule has 0 bridgehead atoms. The first-order chi connectivity index (χ1) is 6.16. The van der Waals surface area contributed by atoms with Gasteiger partial charge in [0.1, 0.15) is 6.04 Å². The van der Waals surface area contributed by atoms with E-state index in [1.54, 1.807) is 24.8 Å². The zero-order valence-electron chi connectivity index (χ0n) is 7.40. The second-order valence-electron chi connectivity index (χ2n) is 2.73. The van der Waals surface area contributed by atoms with Crippen molar-refractivity contribution in [3.05, 3.63) is 12.2 Å². The Morgan fingerprint density at radius 2 is 2.31 bits per heavy atom. The van der Waals surface area contributed by atoms with Crippen LogP contribution in [-0.2, 0) is 9.59 Å². The number of nitrogens with zero attached hydrogens (tertiary/aromatic N) is 1. The van der Waals surface area contributed by atoms with Gasteiger partial charge >= 0.3 is 0 Å². The van der Waals surface area contributed by atoms with E-state index in [1.807, 2.05) is 0 Å². The van der Waals surface area contributed by atoms with Gasteiger partial charge in [0.15, 0.2) is 0 Å². The maximum absolute atomic E-state index is 11.4. The molecule has 0 aromatic carbocycles. The van der Waals surface area contributed by atoms with Crippen molar-refractivity contribution in [2.24, 2.45) is 5.73 Å². The minimum absolute atomic E-state index is 0.142. The molecule has 1 saturated heterocycles. The van der Waals surface area contributed by atoms with Gasteiger partial charge in [0.05, 0.1) is 5.88 Å². The molecule has 0 saturated carbocycles. The summed E-state index contributed by atoms with van der Waals surface area (Å²) in [6.07, 6.45) is 3.10. The number of primary amides is 1. The number of rotatable bonds is 2. The Labute approximate surface area is 81.1 Å². The van der Waals surface area contributed by atoms with E-state index in [-0.39, 0.29) is 5.91 Å². The first-order valence-corrected chi connectivity index (χ1v) is 5.12. The lowest BCUT2D eigenvalue weighted by molar-refractivity contribution is -0.133. The molecule has 2 amide bonds. The molecule has 1 aliphatic rings. The molecule has 5 heteroatoms. The van der Waals surface area contributed by atoms with Crippen LogP contribution in [0.3, 0.4) is 0 Å². The standard InChI is InChI=1S/C8H12N2O2S/c1-2-3-7(11)10-5-13-4-6(10)8(9)12/h2-3,6H,4-5H2,1H3,(H2,9,12)/b3-2+. The third-order valence-electron chi connectivity index (χ3n) is 1.80. The number of nitrogens with two attached hydrogens (primary N) is 1. The molecule has 1 fully saturated rings. The third kappa shape index (κ3) is 2.24. The van der Waals surface area contributed by atoms with Crippen molar-refractivity contribution >= 4 is 23.6 Å². The lowest BCUT2D eigenvalue weighted by atomic mass is 10.3. The summed E-state index contributed by atoms with van der Waals surface area (Å²) >= 11 is 1.54. The number of allylic oxidation sites excluding steroid dienone is 1. The molecular formula is C8H12N2O2S. The van der Waals surface area contributed by atoms with Gasteiger partial charge in [-0.1, -0.05) is 6.08 Å². The minimum Gasteiger partial charge on any atom is -0.368 e. The summed E-state index contributed by atoms with van der Waals surface area (Å²) in [6, 6.07) is -0.436. The van der Waals surface area contributed by atoms with Gasteiger partial charge in [-0.2, -0.15) is 0 Å². The Hall–Kier alpha value is -0.970. The van der Waals surface area contributed by atoms with Gasteiger partial charge in [-0.25, -0.2) is 0 Å². The number of hydrogen-bond donors (Lipinski definition) is 1. The Morgan fingerprint density at radius 3 is 2.85 bits per heavy atom. The van der Waals surface area contributed by atoms with E-state index in [9.17, 15) is 9.59 Å². The number of thioether (sulfide) groups is 1. The second kappa shape index (κ2) is 4.32. The fraction of sp³-hybridized carbons (Fsp3) is 0.500. The molecule has 1 unspecified atom stereocenters. The van der Waals surface area contributed by atoms with Crippen LogP contribution < -0.4 is 5.73 Å². The van der Waals surface area contributed by atoms with E-state index >= 15 is 0 Å². The second-order valence-corrected chi connectivity index (χ2v) is 3.73. The van der Waals surface area contributed by atoms with Gasteiger partial charge in [0, 0.05) is 5.75 Å². The maximum atomic E-state index is 11.4. The van der Waals surface area contributed by atoms with E-state index in [0.29, 0.717) is 11.6 Å². The van der Waals surface area contributed by atoms with Gasteiger partial charge in [0.25, 0.3) is 0 Å². The Balaban J connectivity index is 2.68. The highest BCUT2D eigenvalue weighted by atomic mass is 32.2. The van der Waals surface area contributed by atoms with Gasteiger partial charge < -0.3 is 10.6 Å². The zero-order valence-corrected chi connectivity index (χ0v) is 8.21. The fourth-order valence-corrected chi connectivity index (χ4v) is 2.31. The minimum atomic E-state index is -0.436. The molecule has 0 aromatic rings. The van der Waals surface area contributed by atoms with Crippen LogP contribution in [0.1, 0.15) is 6.92 Å². The van der Waals surface area contributed by atoms with Crippen molar-refractivity contribution in [3.8, 4) is 0 Å². The number of carbonyl (C=O) groups excluding carboxylic acids is 2. The van der Waals surface area contributed by atoms with E-state index in [2.05, 4.69) is 0 Å². The molecule has 2 N–H and O–H groups in total. The van der Waals surface area contributed by atoms with Crippen molar-refractivity contribution in [2.75, 3.05) is 11.6 Å². The quantitative estimate of drug-likeness (QED) is 0.636. The van der Waals surface area contributed by atoms with Gasteiger partial charge in [-0.05, 0) is 13.0 Å². The summed E-state index contributed by atoms with van der Waals surface area (Å²) in [4.78, 5) is 23.8. The smallest absolute Gasteiger partial charge is 0.247 e. The van der Waals surface area contributed by atoms with Crippen molar-refractivity contribution in [2.45, 2.75) is 13.0 Å². The predicted molar refractivity (Wildman–Crippen MR) is 52.0 cm³/mol. The van der Waals surface area contributed by atoms with Crippen molar-refractivity contribution < 1.29 is 9.59 Å². The SMILES string of the molecule is C/C=C/C(=O)N1CSCC1C(N)=O. The number of carbonyl (C=O) groups is 2. The molecule has 0 aromatic heterocycles. The zero-order chi connectivity index (χ0) is 9.84. The van der Waals surface area contributed by atoms with Crippen LogP contribution in [0.15, 0.2) is 12.2 Å². The van der Waals surface area contributed by atoms with Crippen LogP contribution in [0, 0.1) is 0 Å². The average molecular weight is 200 g/mol. The van der Waals surface area contributed by atoms with E-state index in [0.717, 1.165) is 0 Å². The highest BCUT2D eigenvalue weighted by Gasteiger charge is 2.31. The predicted octanol–water partition coefficient (Wildman–Crippen LogP) is -0.0507. The maximum Gasteiger partial charge on any atom is 0.247 e. The van der Waals surface area contributed by atoms with Crippen LogP contribution in [-0.4, -0.2) is 34.4 Å². The van der Waals surface area contributed by atoms with E-state index in [4.69, 9.17) is 5.73 Å². The van der Waals surface area contributed by atoms with Gasteiger partial charge in [0.2, 0.25) is 11.8 Å². The Morgan fingerprint density at radius 1 is 1.62 bits per heavy atom. The number of amides is 2. The summed E-state index contributed by atoms with van der Waals surface area (Å²) < 4.78 is 0. The Kier molecular flexibility index (Phi) is 3.36. The molecular weight excluding hydrogens is 188 g/mol. The van der Waals surface area contributed by atoms with Crippen LogP contribution in [0.2, 0.25) is 0 Å². The van der Waals surface area contributed by atoms with Crippen LogP contribution in [0.5, 0.6) is 0 Å². The summed E-state index contributed by atoms with van der Waals surface area (Å²) in [6.45, 7) is 1.76. The number of hydrogen-bond acceptors (Lipinski definition) is 3. The van der Waals surface area contributed by atoms with Gasteiger partial charge in [-0.15, -0.1) is 11.8 Å². The molecule has 0 aliphatic carbocycles. The molecule has 1 rings (SSSR count). The first kappa shape index (κ1) is 10.1. The molecule has 0 radical (unpaired) electrons. The van der Waals surface area contributed by atoms with Crippen LogP contribution >= 0.6 is 11.8 Å². The topological polar surface area (TPSA) is 63.4 Å². The highest BCUT2D eigenvalue weighted by Crippen LogP contribution is 2.20. The molecule has 72 valence electrons. The lowest BCUT2D eigenvalue weighted by Crippen LogP contribution is -2.44. The summed E-state index contributed by atoms with van der Waals surface area (Å²) in [5, 5.41) is 0. The van der Waals surface area contributed by atoms with Crippen molar-refractivity contribution in [1.29, 1.82) is 0 Å². The molecule has 13 heavy (non-hydrogen) atoms. The van der Waals surface area contributed by atoms with Gasteiger partial charge in [-0.3, -0.25) is 9.59 Å². The first-order valence-electron chi connectivity index (χ1n) is 3.97. The Bertz CT molecular complexity index is 253. The van der Waals surface area contributed by atoms with Crippen LogP contribution in [0.4, 0.5) is 0 Å². The van der Waals surface area contributed by atoms with Crippen molar-refractivity contribution in [3.63, 3.8) is 0 Å². The summed E-state index contributed by atoms with van der Waals surface area (Å²) in [5.41, 5.74) is 5.15. The molecule has 0 spiro atoms. The van der Waals surface area contributed by atoms with E-state index in [1.165, 1.54) is 11.0 Å². The summed E-state index contributed by atoms with van der Waals surface area (Å²) in [5.74, 6) is 0.592. The third-order valence-corrected chi connectivity index (χ3v) is 2.82.